The number of hydrogen-bond donors (Lipinski definition) is 2. The van der Waals surface area contributed by atoms with Crippen LogP contribution in [0.15, 0.2) is 77.2 Å². The van der Waals surface area contributed by atoms with Crippen molar-refractivity contribution in [1.82, 2.24) is 4.90 Å². The number of fused-ring (bicyclic) bond motifs is 3. The first kappa shape index (κ1) is 28.2. The number of nitriles is 1. The lowest BCUT2D eigenvalue weighted by Crippen LogP contribution is -2.47. The number of allylic oxidation sites excluding steroid dienone is 8. The van der Waals surface area contributed by atoms with Crippen molar-refractivity contribution in [3.8, 4) is 18.9 Å². The monoisotopic (exact) mass is 511 g/mol. The van der Waals surface area contributed by atoms with E-state index in [9.17, 15) is 20.3 Å². The van der Waals surface area contributed by atoms with Gasteiger partial charge < -0.3 is 15.1 Å². The van der Waals surface area contributed by atoms with Crippen molar-refractivity contribution in [1.29, 1.82) is 5.26 Å². The van der Waals surface area contributed by atoms with Crippen LogP contribution in [0.2, 0.25) is 0 Å². The van der Waals surface area contributed by atoms with Gasteiger partial charge in [-0.25, -0.2) is 0 Å². The quantitative estimate of drug-likeness (QED) is 0.260. The Hall–Kier alpha value is -4.33. The second-order valence-electron chi connectivity index (χ2n) is 9.57. The van der Waals surface area contributed by atoms with Crippen molar-refractivity contribution in [2.45, 2.75) is 39.5 Å². The number of aliphatic hydroxyl groups is 2. The molecule has 38 heavy (non-hydrogen) atoms. The summed E-state index contributed by atoms with van der Waals surface area (Å²) in [6, 6.07) is 8.56. The zero-order chi connectivity index (χ0) is 28.0. The topological polar surface area (TPSA) is 90.8 Å². The van der Waals surface area contributed by atoms with Crippen LogP contribution < -0.4 is 4.90 Å². The van der Waals surface area contributed by atoms with Gasteiger partial charge in [0.25, 0.3) is 5.91 Å². The number of carbonyl (C=O) groups excluding carboxylic acids is 1. The van der Waals surface area contributed by atoms with Gasteiger partial charge in [0.1, 0.15) is 6.54 Å². The average Bonchev–Trinajstić information content (AvgIpc) is 3.15. The van der Waals surface area contributed by atoms with Gasteiger partial charge in [0, 0.05) is 36.2 Å². The molecule has 7 heteroatoms. The van der Waals surface area contributed by atoms with Crippen LogP contribution in [0.25, 0.3) is 0 Å². The minimum atomic E-state index is -0.272. The Bertz CT molecular complexity index is 1360. The fourth-order valence-electron chi connectivity index (χ4n) is 4.93. The van der Waals surface area contributed by atoms with Crippen molar-refractivity contribution in [2.24, 2.45) is 0 Å². The maximum absolute atomic E-state index is 12.7. The molecule has 0 bridgehead atoms. The Kier molecular flexibility index (Phi) is 8.78. The highest BCUT2D eigenvalue weighted by molar-refractivity contribution is 6.16. The highest BCUT2D eigenvalue weighted by Gasteiger charge is 2.40. The summed E-state index contributed by atoms with van der Waals surface area (Å²) in [6.45, 7) is 9.76. The van der Waals surface area contributed by atoms with E-state index >= 15 is 0 Å². The zero-order valence-electron chi connectivity index (χ0n) is 22.5. The Balaban J connectivity index is 0.00000195. The second-order valence-corrected chi connectivity index (χ2v) is 9.57. The number of rotatable bonds is 6. The Morgan fingerprint density at radius 1 is 1.29 bits per heavy atom. The van der Waals surface area contributed by atoms with Crippen LogP contribution in [0.3, 0.4) is 0 Å². The van der Waals surface area contributed by atoms with E-state index in [1.807, 2.05) is 38.3 Å². The van der Waals surface area contributed by atoms with Crippen LogP contribution >= 0.6 is 0 Å². The van der Waals surface area contributed by atoms with Crippen LogP contribution in [-0.4, -0.2) is 57.9 Å². The third kappa shape index (κ3) is 5.07. The molecule has 2 N–H and O–H groups in total. The van der Waals surface area contributed by atoms with Gasteiger partial charge in [0.15, 0.2) is 5.57 Å². The number of anilines is 1. The molecule has 1 amide bonds. The average molecular weight is 512 g/mol. The zero-order valence-corrected chi connectivity index (χ0v) is 22.5. The summed E-state index contributed by atoms with van der Waals surface area (Å²) in [6.07, 6.45) is 19.4. The van der Waals surface area contributed by atoms with E-state index in [1.54, 1.807) is 27.7 Å². The van der Waals surface area contributed by atoms with Crippen molar-refractivity contribution >= 4 is 17.5 Å². The smallest absolute Gasteiger partial charge is 0.374 e. The lowest BCUT2D eigenvalue weighted by Gasteiger charge is -2.27. The molecule has 0 saturated heterocycles. The van der Waals surface area contributed by atoms with E-state index in [0.717, 1.165) is 22.5 Å². The molecule has 0 radical (unpaired) electrons. The molecule has 0 aromatic heterocycles. The van der Waals surface area contributed by atoms with Crippen LogP contribution in [0.1, 0.15) is 38.8 Å². The molecule has 7 nitrogen and oxygen atoms in total. The normalized spacial score (nSPS) is 20.1. The van der Waals surface area contributed by atoms with E-state index in [1.165, 1.54) is 5.56 Å². The van der Waals surface area contributed by atoms with Crippen molar-refractivity contribution in [2.75, 3.05) is 31.3 Å². The van der Waals surface area contributed by atoms with Gasteiger partial charge in [0.05, 0.1) is 11.6 Å². The molecule has 0 aliphatic carbocycles. The van der Waals surface area contributed by atoms with Gasteiger partial charge >= 0.3 is 5.90 Å². The lowest BCUT2D eigenvalue weighted by molar-refractivity contribution is -0.551. The Morgan fingerprint density at radius 2 is 2.03 bits per heavy atom. The van der Waals surface area contributed by atoms with Crippen molar-refractivity contribution in [3.63, 3.8) is 0 Å². The van der Waals surface area contributed by atoms with Gasteiger partial charge in [-0.05, 0) is 67.3 Å². The molecule has 0 spiro atoms. The third-order valence-corrected chi connectivity index (χ3v) is 7.11. The SMILES string of the molecule is C#C.CCN1C[N+](CC)=C(O)\C(=C/C=C/C(C#N)=C2/C=CN3C(=C2)C(C)(C)c2cc(CCO)ccc23)C1=O. The molecule has 3 heterocycles. The molecule has 196 valence electrons. The number of likely N-dealkylation sites (N-methyl/N-ethyl adjacent to an activating group) is 1. The van der Waals surface area contributed by atoms with E-state index in [-0.39, 0.29) is 29.4 Å². The summed E-state index contributed by atoms with van der Waals surface area (Å²) in [5, 5.41) is 29.8. The number of aliphatic hydroxyl groups excluding tert-OH is 2. The van der Waals surface area contributed by atoms with Gasteiger partial charge in [-0.2, -0.15) is 9.84 Å². The molecular formula is C31H35N4O3+. The minimum absolute atomic E-state index is 0.0376. The van der Waals surface area contributed by atoms with Crippen LogP contribution in [0.5, 0.6) is 0 Å². The fraction of sp³-hybridized carbons (Fsp3) is 0.323. The van der Waals surface area contributed by atoms with E-state index in [4.69, 9.17) is 0 Å². The Labute approximate surface area is 225 Å². The fourth-order valence-corrected chi connectivity index (χ4v) is 4.93. The van der Waals surface area contributed by atoms with Crippen molar-refractivity contribution < 1.29 is 19.6 Å². The molecule has 1 aromatic carbocycles. The minimum Gasteiger partial charge on any atom is -0.460 e. The predicted molar refractivity (Wildman–Crippen MR) is 150 cm³/mol. The molecule has 3 aliphatic rings. The van der Waals surface area contributed by atoms with Crippen LogP contribution in [0, 0.1) is 24.2 Å². The first-order valence-corrected chi connectivity index (χ1v) is 12.7. The first-order valence-electron chi connectivity index (χ1n) is 12.7. The summed E-state index contributed by atoms with van der Waals surface area (Å²) < 4.78 is 1.74. The van der Waals surface area contributed by atoms with Gasteiger partial charge in [-0.1, -0.05) is 32.1 Å². The van der Waals surface area contributed by atoms with Gasteiger partial charge in [0.2, 0.25) is 6.67 Å². The lowest BCUT2D eigenvalue weighted by atomic mass is 9.82. The molecule has 0 saturated carbocycles. The van der Waals surface area contributed by atoms with Crippen LogP contribution in [-0.2, 0) is 16.6 Å². The number of carbonyl (C=O) groups is 1. The van der Waals surface area contributed by atoms with E-state index < -0.39 is 0 Å². The van der Waals surface area contributed by atoms with Gasteiger partial charge in [-0.15, -0.1) is 12.8 Å². The number of terminal acetylenes is 1. The molecule has 3 aliphatic heterocycles. The molecule has 0 unspecified atom stereocenters. The van der Waals surface area contributed by atoms with Crippen molar-refractivity contribution in [3.05, 3.63) is 88.3 Å². The Morgan fingerprint density at radius 3 is 2.66 bits per heavy atom. The number of hydrogen-bond acceptors (Lipinski definition) is 4. The third-order valence-electron chi connectivity index (χ3n) is 7.11. The molecular weight excluding hydrogens is 476 g/mol. The highest BCUT2D eigenvalue weighted by atomic mass is 16.3. The standard InChI is InChI=1S/C29H32N4O3.C2H2/c1-5-31-19-32(6-2)28(36)23(27(31)35)9-7-8-22(18-30)21-12-14-33-25-11-10-20(13-15-34)16-24(25)29(3,4)26(33)17-21;1-2/h7-12,14,16-17,34H,5-6,13,15,19H2,1-4H3;1-2H/p+1/b8-7+,22-21+;. The first-order chi connectivity index (χ1) is 18.3. The number of amides is 1. The second kappa shape index (κ2) is 11.8. The summed E-state index contributed by atoms with van der Waals surface area (Å²) in [5.74, 6) is -0.263. The highest BCUT2D eigenvalue weighted by Crippen LogP contribution is 2.50. The number of nitrogens with zero attached hydrogens (tertiary/aromatic N) is 4. The van der Waals surface area contributed by atoms with Crippen LogP contribution in [0.4, 0.5) is 5.69 Å². The van der Waals surface area contributed by atoms with Gasteiger partial charge in [-0.3, -0.25) is 9.69 Å². The summed E-state index contributed by atoms with van der Waals surface area (Å²) in [4.78, 5) is 16.6. The summed E-state index contributed by atoms with van der Waals surface area (Å²) >= 11 is 0. The maximum Gasteiger partial charge on any atom is 0.374 e. The molecule has 4 rings (SSSR count). The van der Waals surface area contributed by atoms with E-state index in [2.05, 4.69) is 49.8 Å². The number of benzene rings is 1. The molecule has 0 fully saturated rings. The summed E-state index contributed by atoms with van der Waals surface area (Å²) in [7, 11) is 0. The largest absolute Gasteiger partial charge is 0.460 e. The molecule has 0 atom stereocenters. The van der Waals surface area contributed by atoms with E-state index in [0.29, 0.717) is 31.8 Å². The predicted octanol–water partition coefficient (Wildman–Crippen LogP) is 4.09. The summed E-state index contributed by atoms with van der Waals surface area (Å²) in [5.41, 5.74) is 5.65. The maximum atomic E-state index is 12.7. The molecule has 1 aromatic rings.